The van der Waals surface area contributed by atoms with E-state index in [1.807, 2.05) is 0 Å². The molecule has 2 nitrogen and oxygen atoms in total. The first-order valence-corrected chi connectivity index (χ1v) is 6.95. The van der Waals surface area contributed by atoms with E-state index in [1.54, 1.807) is 0 Å². The maximum atomic E-state index is 13.5. The monoisotopic (exact) mass is 278 g/mol. The maximum absolute atomic E-state index is 13.5. The Balaban J connectivity index is 1.70. The zero-order chi connectivity index (χ0) is 14.0. The van der Waals surface area contributed by atoms with E-state index in [9.17, 15) is 8.78 Å². The van der Waals surface area contributed by atoms with Crippen molar-refractivity contribution >= 4 is 0 Å². The SMILES string of the molecule is Fc1ccc(F)c(C#CC2(OC3CCCCO3)CC2)c1. The molecule has 0 spiro atoms. The lowest BCUT2D eigenvalue weighted by molar-refractivity contribution is -0.183. The molecule has 1 heterocycles. The fourth-order valence-electron chi connectivity index (χ4n) is 2.22. The zero-order valence-electron chi connectivity index (χ0n) is 11.1. The molecule has 1 saturated carbocycles. The Morgan fingerprint density at radius 2 is 2.10 bits per heavy atom. The lowest BCUT2D eigenvalue weighted by atomic mass is 10.2. The highest BCUT2D eigenvalue weighted by atomic mass is 19.1. The van der Waals surface area contributed by atoms with Crippen LogP contribution >= 0.6 is 0 Å². The first kappa shape index (κ1) is 13.5. The molecule has 20 heavy (non-hydrogen) atoms. The molecule has 0 bridgehead atoms. The van der Waals surface area contributed by atoms with E-state index < -0.39 is 17.2 Å². The predicted molar refractivity (Wildman–Crippen MR) is 69.9 cm³/mol. The minimum atomic E-state index is -0.527. The first-order valence-electron chi connectivity index (χ1n) is 6.95. The van der Waals surface area contributed by atoms with Gasteiger partial charge in [0.05, 0.1) is 5.56 Å². The fraction of sp³-hybridized carbons (Fsp3) is 0.500. The normalized spacial score (nSPS) is 23.8. The molecule has 0 N–H and O–H groups in total. The van der Waals surface area contributed by atoms with Gasteiger partial charge in [-0.25, -0.2) is 8.78 Å². The Kier molecular flexibility index (Phi) is 3.73. The van der Waals surface area contributed by atoms with Crippen LogP contribution in [0, 0.1) is 23.5 Å². The van der Waals surface area contributed by atoms with Crippen molar-refractivity contribution in [2.24, 2.45) is 0 Å². The van der Waals surface area contributed by atoms with E-state index >= 15 is 0 Å². The summed E-state index contributed by atoms with van der Waals surface area (Å²) in [4.78, 5) is 0. The van der Waals surface area contributed by atoms with Crippen LogP contribution in [0.2, 0.25) is 0 Å². The van der Waals surface area contributed by atoms with Crippen molar-refractivity contribution in [3.63, 3.8) is 0 Å². The van der Waals surface area contributed by atoms with Gasteiger partial charge in [-0.15, -0.1) is 0 Å². The molecule has 0 amide bonds. The highest BCUT2D eigenvalue weighted by Gasteiger charge is 2.45. The summed E-state index contributed by atoms with van der Waals surface area (Å²) in [5.74, 6) is 4.64. The summed E-state index contributed by atoms with van der Waals surface area (Å²) in [5.41, 5.74) is -0.453. The highest BCUT2D eigenvalue weighted by molar-refractivity contribution is 5.39. The molecule has 0 aromatic heterocycles. The van der Waals surface area contributed by atoms with E-state index in [0.29, 0.717) is 6.61 Å². The van der Waals surface area contributed by atoms with E-state index in [4.69, 9.17) is 9.47 Å². The van der Waals surface area contributed by atoms with Crippen molar-refractivity contribution < 1.29 is 18.3 Å². The van der Waals surface area contributed by atoms with Gasteiger partial charge in [0.1, 0.15) is 17.2 Å². The summed E-state index contributed by atoms with van der Waals surface area (Å²) in [7, 11) is 0. The second-order valence-corrected chi connectivity index (χ2v) is 5.28. The van der Waals surface area contributed by atoms with Crippen LogP contribution in [0.5, 0.6) is 0 Å². The Morgan fingerprint density at radius 3 is 2.80 bits per heavy atom. The minimum Gasteiger partial charge on any atom is -0.353 e. The van der Waals surface area contributed by atoms with E-state index in [2.05, 4.69) is 11.8 Å². The quantitative estimate of drug-likeness (QED) is 0.772. The number of benzene rings is 1. The lowest BCUT2D eigenvalue weighted by Crippen LogP contribution is -2.28. The van der Waals surface area contributed by atoms with Crippen molar-refractivity contribution in [1.29, 1.82) is 0 Å². The molecule has 1 unspecified atom stereocenters. The van der Waals surface area contributed by atoms with Gasteiger partial charge < -0.3 is 9.47 Å². The van der Waals surface area contributed by atoms with Crippen LogP contribution in [0.15, 0.2) is 18.2 Å². The van der Waals surface area contributed by atoms with Gasteiger partial charge in [-0.05, 0) is 50.3 Å². The Hall–Kier alpha value is -1.44. The van der Waals surface area contributed by atoms with Crippen molar-refractivity contribution in [3.8, 4) is 11.8 Å². The van der Waals surface area contributed by atoms with Gasteiger partial charge in [-0.3, -0.25) is 0 Å². The topological polar surface area (TPSA) is 18.5 Å². The first-order chi connectivity index (χ1) is 9.67. The molecule has 106 valence electrons. The number of rotatable bonds is 2. The van der Waals surface area contributed by atoms with Crippen molar-refractivity contribution in [2.45, 2.75) is 44.0 Å². The maximum Gasteiger partial charge on any atom is 0.159 e. The van der Waals surface area contributed by atoms with Crippen molar-refractivity contribution in [1.82, 2.24) is 0 Å². The van der Waals surface area contributed by atoms with Gasteiger partial charge in [-0.2, -0.15) is 0 Å². The summed E-state index contributed by atoms with van der Waals surface area (Å²) in [6, 6.07) is 3.28. The molecule has 2 aliphatic rings. The van der Waals surface area contributed by atoms with Crippen LogP contribution in [-0.4, -0.2) is 18.5 Å². The van der Waals surface area contributed by atoms with E-state index in [1.165, 1.54) is 0 Å². The summed E-state index contributed by atoms with van der Waals surface area (Å²) < 4.78 is 38.0. The van der Waals surface area contributed by atoms with Crippen LogP contribution in [0.1, 0.15) is 37.7 Å². The van der Waals surface area contributed by atoms with Gasteiger partial charge in [0.2, 0.25) is 0 Å². The average molecular weight is 278 g/mol. The van der Waals surface area contributed by atoms with Gasteiger partial charge >= 0.3 is 0 Å². The zero-order valence-corrected chi connectivity index (χ0v) is 11.1. The number of halogens is 2. The average Bonchev–Trinajstić information content (AvgIpc) is 3.21. The molecular weight excluding hydrogens is 262 g/mol. The third kappa shape index (κ3) is 3.17. The molecule has 1 aromatic rings. The third-order valence-corrected chi connectivity index (χ3v) is 3.55. The standard InChI is InChI=1S/C16H16F2O2/c17-13-4-5-14(18)12(11-13)6-7-16(8-9-16)20-15-3-1-2-10-19-15/h4-5,11,15H,1-3,8-10H2. The van der Waals surface area contributed by atoms with Crippen LogP contribution < -0.4 is 0 Å². The van der Waals surface area contributed by atoms with Gasteiger partial charge in [0, 0.05) is 6.61 Å². The molecule has 4 heteroatoms. The van der Waals surface area contributed by atoms with Crippen molar-refractivity contribution in [2.75, 3.05) is 6.61 Å². The molecular formula is C16H16F2O2. The van der Waals surface area contributed by atoms with Crippen LogP contribution in [0.25, 0.3) is 0 Å². The molecule has 1 saturated heterocycles. The summed E-state index contributed by atoms with van der Waals surface area (Å²) >= 11 is 0. The molecule has 2 fully saturated rings. The Bertz CT molecular complexity index is 549. The summed E-state index contributed by atoms with van der Waals surface area (Å²) in [5, 5.41) is 0. The third-order valence-electron chi connectivity index (χ3n) is 3.55. The lowest BCUT2D eigenvalue weighted by Gasteiger charge is -2.25. The number of ether oxygens (including phenoxy) is 2. The summed E-state index contributed by atoms with van der Waals surface area (Å²) in [6.07, 6.45) is 4.45. The van der Waals surface area contributed by atoms with Crippen LogP contribution in [0.3, 0.4) is 0 Å². The number of hydrogen-bond acceptors (Lipinski definition) is 2. The van der Waals surface area contributed by atoms with Gasteiger partial charge in [0.15, 0.2) is 6.29 Å². The second kappa shape index (κ2) is 5.51. The summed E-state index contributed by atoms with van der Waals surface area (Å²) in [6.45, 7) is 0.715. The second-order valence-electron chi connectivity index (χ2n) is 5.28. The van der Waals surface area contributed by atoms with Crippen LogP contribution in [-0.2, 0) is 9.47 Å². The molecule has 1 aliphatic carbocycles. The molecule has 1 aliphatic heterocycles. The fourth-order valence-corrected chi connectivity index (χ4v) is 2.22. The smallest absolute Gasteiger partial charge is 0.159 e. The largest absolute Gasteiger partial charge is 0.353 e. The van der Waals surface area contributed by atoms with Crippen molar-refractivity contribution in [3.05, 3.63) is 35.4 Å². The molecule has 1 aromatic carbocycles. The van der Waals surface area contributed by atoms with Gasteiger partial charge in [-0.1, -0.05) is 11.8 Å². The predicted octanol–water partition coefficient (Wildman–Crippen LogP) is 3.39. The molecule has 0 radical (unpaired) electrons. The van der Waals surface area contributed by atoms with Gasteiger partial charge in [0.25, 0.3) is 0 Å². The molecule has 1 atom stereocenters. The Labute approximate surface area is 117 Å². The van der Waals surface area contributed by atoms with E-state index in [0.717, 1.165) is 50.3 Å². The Morgan fingerprint density at radius 1 is 1.25 bits per heavy atom. The van der Waals surface area contributed by atoms with Crippen LogP contribution in [0.4, 0.5) is 8.78 Å². The number of hydrogen-bond donors (Lipinski definition) is 0. The van der Waals surface area contributed by atoms with E-state index in [-0.39, 0.29) is 11.9 Å². The minimum absolute atomic E-state index is 0.0736. The highest BCUT2D eigenvalue weighted by Crippen LogP contribution is 2.41. The molecule has 3 rings (SSSR count).